The summed E-state index contributed by atoms with van der Waals surface area (Å²) in [5.74, 6) is -1.09. The summed E-state index contributed by atoms with van der Waals surface area (Å²) in [5, 5.41) is 5.09. The van der Waals surface area contributed by atoms with Crippen molar-refractivity contribution in [1.82, 2.24) is 10.6 Å². The maximum Gasteiger partial charge on any atom is 0.239 e. The number of carbonyl (C=O) groups is 2. The maximum absolute atomic E-state index is 13.3. The highest BCUT2D eigenvalue weighted by molar-refractivity contribution is 5.85. The molecule has 0 spiro atoms. The lowest BCUT2D eigenvalue weighted by atomic mass is 10.1. The first-order chi connectivity index (χ1) is 9.63. The van der Waals surface area contributed by atoms with Crippen LogP contribution in [0.1, 0.15) is 12.0 Å². The predicted octanol–water partition coefficient (Wildman–Crippen LogP) is 0.637. The number of hydrogen-bond donors (Lipinski definition) is 2. The van der Waals surface area contributed by atoms with Gasteiger partial charge in [0.15, 0.2) is 0 Å². The van der Waals surface area contributed by atoms with Gasteiger partial charge in [-0.2, -0.15) is 0 Å². The van der Waals surface area contributed by atoms with E-state index in [2.05, 4.69) is 10.6 Å². The SMILES string of the molecule is COCCCNC(=O)CNC(=O)Cc1ccccc1F. The Labute approximate surface area is 117 Å². The van der Waals surface area contributed by atoms with Crippen molar-refractivity contribution < 1.29 is 18.7 Å². The molecule has 0 aliphatic carbocycles. The fourth-order valence-corrected chi connectivity index (χ4v) is 1.56. The highest BCUT2D eigenvalue weighted by Crippen LogP contribution is 2.06. The molecule has 110 valence electrons. The van der Waals surface area contributed by atoms with Crippen LogP contribution in [0.5, 0.6) is 0 Å². The molecule has 0 aliphatic heterocycles. The fraction of sp³-hybridized carbons (Fsp3) is 0.429. The number of carbonyl (C=O) groups excluding carboxylic acids is 2. The van der Waals surface area contributed by atoms with E-state index in [4.69, 9.17) is 4.74 Å². The van der Waals surface area contributed by atoms with Crippen LogP contribution in [-0.4, -0.2) is 38.6 Å². The molecule has 0 saturated carbocycles. The van der Waals surface area contributed by atoms with E-state index in [1.165, 1.54) is 6.07 Å². The summed E-state index contributed by atoms with van der Waals surface area (Å²) in [7, 11) is 1.59. The van der Waals surface area contributed by atoms with Crippen LogP contribution < -0.4 is 10.6 Å². The van der Waals surface area contributed by atoms with Crippen molar-refractivity contribution in [2.24, 2.45) is 0 Å². The first-order valence-electron chi connectivity index (χ1n) is 6.39. The van der Waals surface area contributed by atoms with E-state index in [1.807, 2.05) is 0 Å². The monoisotopic (exact) mass is 282 g/mol. The molecule has 0 aromatic heterocycles. The second-order valence-corrected chi connectivity index (χ2v) is 4.24. The molecule has 1 rings (SSSR count). The first kappa shape index (κ1) is 16.1. The van der Waals surface area contributed by atoms with Gasteiger partial charge in [0.2, 0.25) is 11.8 Å². The molecular formula is C14H19FN2O3. The van der Waals surface area contributed by atoms with Crippen molar-refractivity contribution >= 4 is 11.8 Å². The van der Waals surface area contributed by atoms with Crippen LogP contribution in [0.15, 0.2) is 24.3 Å². The summed E-state index contributed by atoms with van der Waals surface area (Å²) >= 11 is 0. The van der Waals surface area contributed by atoms with Crippen molar-refractivity contribution in [2.45, 2.75) is 12.8 Å². The minimum Gasteiger partial charge on any atom is -0.385 e. The largest absolute Gasteiger partial charge is 0.385 e. The van der Waals surface area contributed by atoms with E-state index in [-0.39, 0.29) is 24.8 Å². The van der Waals surface area contributed by atoms with Crippen LogP contribution in [0.4, 0.5) is 4.39 Å². The van der Waals surface area contributed by atoms with Gasteiger partial charge in [0, 0.05) is 20.3 Å². The lowest BCUT2D eigenvalue weighted by Crippen LogP contribution is -2.38. The molecule has 0 atom stereocenters. The van der Waals surface area contributed by atoms with E-state index in [1.54, 1.807) is 25.3 Å². The molecule has 0 fully saturated rings. The maximum atomic E-state index is 13.3. The summed E-state index contributed by atoms with van der Waals surface area (Å²) in [6.45, 7) is 0.954. The molecule has 0 saturated heterocycles. The number of rotatable bonds is 8. The predicted molar refractivity (Wildman–Crippen MR) is 72.6 cm³/mol. The van der Waals surface area contributed by atoms with Crippen molar-refractivity contribution in [3.63, 3.8) is 0 Å². The number of halogens is 1. The van der Waals surface area contributed by atoms with Gasteiger partial charge < -0.3 is 15.4 Å². The highest BCUT2D eigenvalue weighted by atomic mass is 19.1. The summed E-state index contributed by atoms with van der Waals surface area (Å²) in [6.07, 6.45) is 0.634. The molecule has 6 heteroatoms. The molecule has 0 aliphatic rings. The minimum atomic E-state index is -0.424. The molecule has 1 aromatic carbocycles. The average molecular weight is 282 g/mol. The lowest BCUT2D eigenvalue weighted by molar-refractivity contribution is -0.125. The zero-order valence-electron chi connectivity index (χ0n) is 11.4. The molecule has 0 unspecified atom stereocenters. The zero-order chi connectivity index (χ0) is 14.8. The van der Waals surface area contributed by atoms with Gasteiger partial charge in [0.1, 0.15) is 5.82 Å². The number of nitrogens with one attached hydrogen (secondary N) is 2. The highest BCUT2D eigenvalue weighted by Gasteiger charge is 2.08. The number of benzene rings is 1. The number of amides is 2. The third kappa shape index (κ3) is 6.29. The minimum absolute atomic E-state index is 0.0797. The van der Waals surface area contributed by atoms with Gasteiger partial charge in [-0.15, -0.1) is 0 Å². The molecule has 0 bridgehead atoms. The van der Waals surface area contributed by atoms with Gasteiger partial charge in [-0.3, -0.25) is 9.59 Å². The average Bonchev–Trinajstić information content (AvgIpc) is 2.44. The summed E-state index contributed by atoms with van der Waals surface area (Å²) in [5.41, 5.74) is 0.311. The molecular weight excluding hydrogens is 263 g/mol. The molecule has 5 nitrogen and oxygen atoms in total. The third-order valence-corrected chi connectivity index (χ3v) is 2.60. The Kier molecular flexibility index (Phi) is 7.27. The second-order valence-electron chi connectivity index (χ2n) is 4.24. The number of methoxy groups -OCH3 is 1. The van der Waals surface area contributed by atoms with Crippen LogP contribution in [-0.2, 0) is 20.7 Å². The fourth-order valence-electron chi connectivity index (χ4n) is 1.56. The van der Waals surface area contributed by atoms with Gasteiger partial charge in [-0.1, -0.05) is 18.2 Å². The van der Waals surface area contributed by atoms with Crippen LogP contribution in [0.2, 0.25) is 0 Å². The normalized spacial score (nSPS) is 10.1. The Bertz CT molecular complexity index is 452. The molecule has 20 heavy (non-hydrogen) atoms. The van der Waals surface area contributed by atoms with Crippen LogP contribution in [0.3, 0.4) is 0 Å². The number of hydrogen-bond acceptors (Lipinski definition) is 3. The van der Waals surface area contributed by atoms with Crippen LogP contribution in [0.25, 0.3) is 0 Å². The second kappa shape index (κ2) is 9.03. The first-order valence-corrected chi connectivity index (χ1v) is 6.39. The number of ether oxygens (including phenoxy) is 1. The molecule has 2 N–H and O–H groups in total. The van der Waals surface area contributed by atoms with Gasteiger partial charge in [-0.05, 0) is 18.1 Å². The standard InChI is InChI=1S/C14H19FN2O3/c1-20-8-4-7-16-14(19)10-17-13(18)9-11-5-2-3-6-12(11)15/h2-3,5-6H,4,7-10H2,1H3,(H,16,19)(H,17,18). The summed E-state index contributed by atoms with van der Waals surface area (Å²) < 4.78 is 18.2. The Morgan fingerprint density at radius 1 is 1.20 bits per heavy atom. The van der Waals surface area contributed by atoms with Gasteiger partial charge in [-0.25, -0.2) is 4.39 Å². The summed E-state index contributed by atoms with van der Waals surface area (Å²) in [6, 6.07) is 6.06. The van der Waals surface area contributed by atoms with Gasteiger partial charge in [0.25, 0.3) is 0 Å². The smallest absolute Gasteiger partial charge is 0.239 e. The molecule has 2 amide bonds. The van der Waals surface area contributed by atoms with E-state index >= 15 is 0 Å². The van der Waals surface area contributed by atoms with Crippen LogP contribution >= 0.6 is 0 Å². The van der Waals surface area contributed by atoms with E-state index in [9.17, 15) is 14.0 Å². The molecule has 0 radical (unpaired) electrons. The van der Waals surface area contributed by atoms with E-state index < -0.39 is 5.82 Å². The topological polar surface area (TPSA) is 67.4 Å². The van der Waals surface area contributed by atoms with Crippen molar-refractivity contribution in [1.29, 1.82) is 0 Å². The molecule has 0 heterocycles. The van der Waals surface area contributed by atoms with E-state index in [0.29, 0.717) is 25.1 Å². The zero-order valence-corrected chi connectivity index (χ0v) is 11.4. The lowest BCUT2D eigenvalue weighted by Gasteiger charge is -2.07. The molecule has 1 aromatic rings. The quantitative estimate of drug-likeness (QED) is 0.688. The Balaban J connectivity index is 2.23. The van der Waals surface area contributed by atoms with Crippen molar-refractivity contribution in [2.75, 3.05) is 26.8 Å². The Morgan fingerprint density at radius 2 is 1.95 bits per heavy atom. The van der Waals surface area contributed by atoms with Crippen molar-refractivity contribution in [3.8, 4) is 0 Å². The van der Waals surface area contributed by atoms with E-state index in [0.717, 1.165) is 0 Å². The van der Waals surface area contributed by atoms with Gasteiger partial charge >= 0.3 is 0 Å². The third-order valence-electron chi connectivity index (χ3n) is 2.60. The van der Waals surface area contributed by atoms with Crippen molar-refractivity contribution in [3.05, 3.63) is 35.6 Å². The Hall–Kier alpha value is -1.95. The summed E-state index contributed by atoms with van der Waals surface area (Å²) in [4.78, 5) is 23.0. The Morgan fingerprint density at radius 3 is 2.65 bits per heavy atom. The van der Waals surface area contributed by atoms with Crippen LogP contribution in [0, 0.1) is 5.82 Å². The van der Waals surface area contributed by atoms with Gasteiger partial charge in [0.05, 0.1) is 13.0 Å².